The van der Waals surface area contributed by atoms with E-state index in [0.717, 1.165) is 13.0 Å². The molecule has 0 heterocycles. The molecule has 1 unspecified atom stereocenters. The summed E-state index contributed by atoms with van der Waals surface area (Å²) in [5.74, 6) is -0.167. The molecule has 3 heteroatoms. The molecule has 0 radical (unpaired) electrons. The van der Waals surface area contributed by atoms with E-state index < -0.39 is 5.41 Å². The van der Waals surface area contributed by atoms with Crippen LogP contribution in [0.1, 0.15) is 60.3 Å². The van der Waals surface area contributed by atoms with Crippen molar-refractivity contribution in [3.8, 4) is 0 Å². The van der Waals surface area contributed by atoms with E-state index >= 15 is 0 Å². The molecule has 3 nitrogen and oxygen atoms in total. The Hall–Kier alpha value is -0.570. The first-order valence-corrected chi connectivity index (χ1v) is 6.66. The molecule has 0 fully saturated rings. The van der Waals surface area contributed by atoms with Crippen LogP contribution in [-0.2, 0) is 14.3 Å². The van der Waals surface area contributed by atoms with Crippen molar-refractivity contribution in [2.75, 3.05) is 13.2 Å². The summed E-state index contributed by atoms with van der Waals surface area (Å²) in [6, 6.07) is 0. The Bertz CT molecular complexity index is 206. The molecule has 1 atom stereocenters. The lowest BCUT2D eigenvalue weighted by Crippen LogP contribution is -2.29. The lowest BCUT2D eigenvalue weighted by atomic mass is 9.97. The summed E-state index contributed by atoms with van der Waals surface area (Å²) < 4.78 is 10.8. The van der Waals surface area contributed by atoms with Crippen LogP contribution < -0.4 is 0 Å². The van der Waals surface area contributed by atoms with Gasteiger partial charge in [0.1, 0.15) is 6.10 Å². The lowest BCUT2D eigenvalue weighted by molar-refractivity contribution is -0.160. The summed E-state index contributed by atoms with van der Waals surface area (Å²) in [5.41, 5.74) is -0.435. The van der Waals surface area contributed by atoms with Gasteiger partial charge in [0.25, 0.3) is 0 Å². The first-order chi connectivity index (χ1) is 7.88. The van der Waals surface area contributed by atoms with Gasteiger partial charge in [-0.3, -0.25) is 4.79 Å². The van der Waals surface area contributed by atoms with E-state index in [1.54, 1.807) is 0 Å². The number of hydrogen-bond donors (Lipinski definition) is 0. The molecule has 0 aromatic rings. The highest BCUT2D eigenvalue weighted by Gasteiger charge is 2.24. The number of esters is 1. The predicted octanol–water partition coefficient (Wildman–Crippen LogP) is 3.56. The van der Waals surface area contributed by atoms with Crippen LogP contribution in [0.3, 0.4) is 0 Å². The maximum Gasteiger partial charge on any atom is 0.311 e. The minimum absolute atomic E-state index is 0.159. The zero-order chi connectivity index (χ0) is 13.3. The molecule has 0 spiro atoms. The molecule has 0 amide bonds. The molecule has 0 rings (SSSR count). The highest BCUT2D eigenvalue weighted by atomic mass is 16.6. The molecule has 0 aliphatic carbocycles. The summed E-state index contributed by atoms with van der Waals surface area (Å²) in [4.78, 5) is 11.6. The van der Waals surface area contributed by atoms with E-state index in [4.69, 9.17) is 9.47 Å². The number of carbonyl (C=O) groups is 1. The standard InChI is InChI=1S/C14H28O3/c1-6-7-8-9-10-16-11-12(2)17-13(15)14(3,4)5/h12H,6-11H2,1-5H3. The van der Waals surface area contributed by atoms with Gasteiger partial charge in [0.15, 0.2) is 0 Å². The fourth-order valence-electron chi connectivity index (χ4n) is 1.27. The minimum atomic E-state index is -0.435. The van der Waals surface area contributed by atoms with Crippen molar-refractivity contribution >= 4 is 5.97 Å². The van der Waals surface area contributed by atoms with Gasteiger partial charge in [-0.25, -0.2) is 0 Å². The highest BCUT2D eigenvalue weighted by Crippen LogP contribution is 2.16. The lowest BCUT2D eigenvalue weighted by Gasteiger charge is -2.20. The Balaban J connectivity index is 3.53. The zero-order valence-corrected chi connectivity index (χ0v) is 12.0. The minimum Gasteiger partial charge on any atom is -0.460 e. The molecule has 0 aliphatic heterocycles. The van der Waals surface area contributed by atoms with Gasteiger partial charge in [-0.2, -0.15) is 0 Å². The van der Waals surface area contributed by atoms with Crippen molar-refractivity contribution in [1.82, 2.24) is 0 Å². The first kappa shape index (κ1) is 16.4. The SMILES string of the molecule is CCCCCCOCC(C)OC(=O)C(C)(C)C. The third-order valence-corrected chi connectivity index (χ3v) is 2.42. The van der Waals surface area contributed by atoms with Crippen molar-refractivity contribution < 1.29 is 14.3 Å². The van der Waals surface area contributed by atoms with Crippen molar-refractivity contribution in [2.24, 2.45) is 5.41 Å². The van der Waals surface area contributed by atoms with Crippen LogP contribution in [-0.4, -0.2) is 25.3 Å². The largest absolute Gasteiger partial charge is 0.460 e. The van der Waals surface area contributed by atoms with Gasteiger partial charge >= 0.3 is 5.97 Å². The van der Waals surface area contributed by atoms with Crippen LogP contribution in [0, 0.1) is 5.41 Å². The monoisotopic (exact) mass is 244 g/mol. The van der Waals surface area contributed by atoms with Gasteiger partial charge in [0.05, 0.1) is 12.0 Å². The van der Waals surface area contributed by atoms with Crippen LogP contribution in [0.25, 0.3) is 0 Å². The molecule has 0 N–H and O–H groups in total. The first-order valence-electron chi connectivity index (χ1n) is 6.66. The van der Waals surface area contributed by atoms with Crippen molar-refractivity contribution in [2.45, 2.75) is 66.4 Å². The summed E-state index contributed by atoms with van der Waals surface area (Å²) in [6.45, 7) is 10.9. The van der Waals surface area contributed by atoms with Crippen LogP contribution in [0.4, 0.5) is 0 Å². The van der Waals surface area contributed by atoms with E-state index in [1.165, 1.54) is 19.3 Å². The fraction of sp³-hybridized carbons (Fsp3) is 0.929. The Kier molecular flexibility index (Phi) is 8.23. The molecular formula is C14H28O3. The van der Waals surface area contributed by atoms with Gasteiger partial charge < -0.3 is 9.47 Å². The predicted molar refractivity (Wildman–Crippen MR) is 70.0 cm³/mol. The molecule has 0 saturated heterocycles. The van der Waals surface area contributed by atoms with Crippen molar-refractivity contribution in [3.63, 3.8) is 0 Å². The number of rotatable bonds is 8. The van der Waals surface area contributed by atoms with Crippen LogP contribution in [0.5, 0.6) is 0 Å². The Morgan fingerprint density at radius 3 is 2.35 bits per heavy atom. The second kappa shape index (κ2) is 8.51. The molecule has 0 bridgehead atoms. The molecule has 0 saturated carbocycles. The van der Waals surface area contributed by atoms with E-state index in [1.807, 2.05) is 27.7 Å². The van der Waals surface area contributed by atoms with Crippen LogP contribution in [0.2, 0.25) is 0 Å². The van der Waals surface area contributed by atoms with Crippen LogP contribution in [0.15, 0.2) is 0 Å². The summed E-state index contributed by atoms with van der Waals surface area (Å²) in [5, 5.41) is 0. The van der Waals surface area contributed by atoms with Gasteiger partial charge in [-0.05, 0) is 34.1 Å². The smallest absolute Gasteiger partial charge is 0.311 e. The average Bonchev–Trinajstić information content (AvgIpc) is 2.21. The Morgan fingerprint density at radius 2 is 1.82 bits per heavy atom. The number of ether oxygens (including phenoxy) is 2. The molecular weight excluding hydrogens is 216 g/mol. The van der Waals surface area contributed by atoms with Gasteiger partial charge in [0.2, 0.25) is 0 Å². The van der Waals surface area contributed by atoms with Gasteiger partial charge in [0, 0.05) is 6.61 Å². The highest BCUT2D eigenvalue weighted by molar-refractivity contribution is 5.75. The summed E-state index contributed by atoms with van der Waals surface area (Å²) >= 11 is 0. The molecule has 102 valence electrons. The second-order valence-corrected chi connectivity index (χ2v) is 5.60. The summed E-state index contributed by atoms with van der Waals surface area (Å²) in [7, 11) is 0. The maximum atomic E-state index is 11.6. The van der Waals surface area contributed by atoms with E-state index in [0.29, 0.717) is 6.61 Å². The third kappa shape index (κ3) is 9.16. The average molecular weight is 244 g/mol. The van der Waals surface area contributed by atoms with Crippen molar-refractivity contribution in [1.29, 1.82) is 0 Å². The molecule has 0 aliphatic rings. The maximum absolute atomic E-state index is 11.6. The molecule has 17 heavy (non-hydrogen) atoms. The normalized spacial score (nSPS) is 13.5. The van der Waals surface area contributed by atoms with Gasteiger partial charge in [-0.1, -0.05) is 26.2 Å². The van der Waals surface area contributed by atoms with E-state index in [2.05, 4.69) is 6.92 Å². The van der Waals surface area contributed by atoms with Gasteiger partial charge in [-0.15, -0.1) is 0 Å². The molecule has 0 aromatic heterocycles. The third-order valence-electron chi connectivity index (χ3n) is 2.42. The summed E-state index contributed by atoms with van der Waals surface area (Å²) in [6.07, 6.45) is 4.64. The van der Waals surface area contributed by atoms with E-state index in [9.17, 15) is 4.79 Å². The fourth-order valence-corrected chi connectivity index (χ4v) is 1.27. The van der Waals surface area contributed by atoms with Crippen molar-refractivity contribution in [3.05, 3.63) is 0 Å². The number of unbranched alkanes of at least 4 members (excludes halogenated alkanes) is 3. The Labute approximate surface area is 106 Å². The van der Waals surface area contributed by atoms with E-state index in [-0.39, 0.29) is 12.1 Å². The zero-order valence-electron chi connectivity index (χ0n) is 12.0. The number of carbonyl (C=O) groups excluding carboxylic acids is 1. The quantitative estimate of drug-likeness (QED) is 0.484. The molecule has 0 aromatic carbocycles. The number of hydrogen-bond acceptors (Lipinski definition) is 3. The second-order valence-electron chi connectivity index (χ2n) is 5.60. The Morgan fingerprint density at radius 1 is 1.18 bits per heavy atom. The van der Waals surface area contributed by atoms with Crippen LogP contribution >= 0.6 is 0 Å². The topological polar surface area (TPSA) is 35.5 Å².